The van der Waals surface area contributed by atoms with Gasteiger partial charge in [-0.3, -0.25) is 14.4 Å². The summed E-state index contributed by atoms with van der Waals surface area (Å²) in [6.45, 7) is 2.91. The van der Waals surface area contributed by atoms with Crippen LogP contribution in [0, 0.1) is 11.8 Å². The molecule has 0 radical (unpaired) electrons. The summed E-state index contributed by atoms with van der Waals surface area (Å²) in [5.74, 6) is 0.309. The molecule has 5 N–H and O–H groups in total. The first-order valence-corrected chi connectivity index (χ1v) is 16.8. The second kappa shape index (κ2) is 15.5. The molecule has 2 fully saturated rings. The largest absolute Gasteiger partial charge is 0.378 e. The maximum atomic E-state index is 13.7. The summed E-state index contributed by atoms with van der Waals surface area (Å²) >= 11 is 5.87. The van der Waals surface area contributed by atoms with Crippen molar-refractivity contribution in [3.8, 4) is 22.5 Å². The number of aromatic nitrogens is 3. The van der Waals surface area contributed by atoms with Crippen LogP contribution in [0.25, 0.3) is 22.5 Å². The molecule has 3 aromatic carbocycles. The Morgan fingerprint density at radius 3 is 2.31 bits per heavy atom. The molecule has 1 aromatic heterocycles. The summed E-state index contributed by atoms with van der Waals surface area (Å²) in [7, 11) is 0. The summed E-state index contributed by atoms with van der Waals surface area (Å²) < 4.78 is 5.37. The molecular weight excluding hydrogens is 630 g/mol. The van der Waals surface area contributed by atoms with Crippen molar-refractivity contribution in [2.45, 2.75) is 38.1 Å². The van der Waals surface area contributed by atoms with E-state index in [1.54, 1.807) is 24.3 Å². The highest BCUT2D eigenvalue weighted by Gasteiger charge is 2.29. The number of nitrogens with two attached hydrogens (primary N) is 1. The second-order valence-corrected chi connectivity index (χ2v) is 12.8. The lowest BCUT2D eigenvalue weighted by atomic mass is 9.81. The van der Waals surface area contributed by atoms with E-state index in [-0.39, 0.29) is 28.9 Å². The topological polar surface area (TPSA) is 155 Å². The number of H-pyrrole nitrogens is 1. The fraction of sp³-hybridized carbons (Fsp3) is 0.361. The van der Waals surface area contributed by atoms with Gasteiger partial charge in [-0.05, 0) is 103 Å². The van der Waals surface area contributed by atoms with Crippen molar-refractivity contribution in [2.24, 2.45) is 17.6 Å². The first kappa shape index (κ1) is 33.3. The molecule has 12 heteroatoms. The lowest BCUT2D eigenvalue weighted by Crippen LogP contribution is -2.48. The van der Waals surface area contributed by atoms with Crippen LogP contribution in [-0.2, 0) is 20.7 Å². The predicted molar refractivity (Wildman–Crippen MR) is 184 cm³/mol. The van der Waals surface area contributed by atoms with Gasteiger partial charge in [0, 0.05) is 42.2 Å². The molecule has 1 saturated heterocycles. The Hall–Kier alpha value is -4.58. The number of amides is 3. The zero-order valence-electron chi connectivity index (χ0n) is 26.7. The Labute approximate surface area is 284 Å². The SMILES string of the molecule is NCC1CCC(C(=O)N[C@@H](Cc2cccc(-c3ccc(C(=O)N4CCOCC4)cc3)c2)C(=O)Nc2ccc(-c3n[nH]c(Cl)n3)cc2)CC1. The quantitative estimate of drug-likeness (QED) is 0.191. The van der Waals surface area contributed by atoms with Crippen molar-refractivity contribution in [1.29, 1.82) is 0 Å². The minimum Gasteiger partial charge on any atom is -0.378 e. The van der Waals surface area contributed by atoms with Crippen LogP contribution in [0.3, 0.4) is 0 Å². The van der Waals surface area contributed by atoms with Crippen molar-refractivity contribution < 1.29 is 19.1 Å². The molecule has 250 valence electrons. The van der Waals surface area contributed by atoms with Crippen molar-refractivity contribution in [1.82, 2.24) is 25.4 Å². The Bertz CT molecular complexity index is 1710. The van der Waals surface area contributed by atoms with Gasteiger partial charge in [-0.15, -0.1) is 0 Å². The number of nitrogens with one attached hydrogen (secondary N) is 3. The third-order valence-electron chi connectivity index (χ3n) is 9.18. The number of benzene rings is 3. The lowest BCUT2D eigenvalue weighted by Gasteiger charge is -2.28. The van der Waals surface area contributed by atoms with E-state index >= 15 is 0 Å². The highest BCUT2D eigenvalue weighted by molar-refractivity contribution is 6.28. The van der Waals surface area contributed by atoms with Crippen LogP contribution in [0.15, 0.2) is 72.8 Å². The maximum absolute atomic E-state index is 13.7. The van der Waals surface area contributed by atoms with Gasteiger partial charge < -0.3 is 26.0 Å². The zero-order valence-corrected chi connectivity index (χ0v) is 27.4. The molecule has 0 bridgehead atoms. The third-order valence-corrected chi connectivity index (χ3v) is 9.35. The number of halogens is 1. The van der Waals surface area contributed by atoms with Gasteiger partial charge in [-0.25, -0.2) is 5.10 Å². The molecule has 1 atom stereocenters. The molecule has 2 heterocycles. The van der Waals surface area contributed by atoms with Gasteiger partial charge in [-0.1, -0.05) is 36.4 Å². The Morgan fingerprint density at radius 2 is 1.65 bits per heavy atom. The van der Waals surface area contributed by atoms with Gasteiger partial charge in [0.15, 0.2) is 5.82 Å². The van der Waals surface area contributed by atoms with Crippen molar-refractivity contribution in [2.75, 3.05) is 38.2 Å². The van der Waals surface area contributed by atoms with E-state index in [0.29, 0.717) is 62.3 Å². The van der Waals surface area contributed by atoms with E-state index in [2.05, 4.69) is 25.8 Å². The first-order chi connectivity index (χ1) is 23.4. The summed E-state index contributed by atoms with van der Waals surface area (Å²) in [4.78, 5) is 46.1. The molecule has 1 saturated carbocycles. The molecule has 2 aliphatic rings. The molecule has 3 amide bonds. The lowest BCUT2D eigenvalue weighted by molar-refractivity contribution is -0.130. The molecule has 0 spiro atoms. The molecule has 48 heavy (non-hydrogen) atoms. The average molecular weight is 670 g/mol. The smallest absolute Gasteiger partial charge is 0.254 e. The monoisotopic (exact) mass is 669 g/mol. The van der Waals surface area contributed by atoms with Gasteiger partial charge in [0.25, 0.3) is 5.91 Å². The molecular formula is C36H40ClN7O4. The molecule has 0 unspecified atom stereocenters. The molecule has 6 rings (SSSR count). The summed E-state index contributed by atoms with van der Waals surface area (Å²) in [6, 6.07) is 21.8. The minimum atomic E-state index is -0.806. The van der Waals surface area contributed by atoms with E-state index in [1.807, 2.05) is 53.4 Å². The zero-order chi connectivity index (χ0) is 33.5. The number of aromatic amines is 1. The predicted octanol–water partition coefficient (Wildman–Crippen LogP) is 4.70. The Kier molecular flexibility index (Phi) is 10.8. The average Bonchev–Trinajstić information content (AvgIpc) is 3.58. The van der Waals surface area contributed by atoms with Crippen LogP contribution >= 0.6 is 11.6 Å². The number of hydrogen-bond donors (Lipinski definition) is 4. The van der Waals surface area contributed by atoms with E-state index in [0.717, 1.165) is 47.9 Å². The number of carbonyl (C=O) groups excluding carboxylic acids is 3. The van der Waals surface area contributed by atoms with Crippen LogP contribution in [0.1, 0.15) is 41.6 Å². The fourth-order valence-electron chi connectivity index (χ4n) is 6.33. The van der Waals surface area contributed by atoms with E-state index < -0.39 is 6.04 Å². The molecule has 4 aromatic rings. The van der Waals surface area contributed by atoms with Crippen LogP contribution in [0.2, 0.25) is 5.28 Å². The van der Waals surface area contributed by atoms with Crippen molar-refractivity contribution in [3.63, 3.8) is 0 Å². The molecule has 1 aliphatic carbocycles. The van der Waals surface area contributed by atoms with E-state index in [1.165, 1.54) is 0 Å². The first-order valence-electron chi connectivity index (χ1n) is 16.4. The van der Waals surface area contributed by atoms with E-state index in [9.17, 15) is 14.4 Å². The van der Waals surface area contributed by atoms with Crippen LogP contribution in [-0.4, -0.2) is 76.7 Å². The van der Waals surface area contributed by atoms with Gasteiger partial charge in [0.2, 0.25) is 17.1 Å². The second-order valence-electron chi connectivity index (χ2n) is 12.4. The van der Waals surface area contributed by atoms with Crippen molar-refractivity contribution in [3.05, 3.63) is 89.2 Å². The maximum Gasteiger partial charge on any atom is 0.254 e. The van der Waals surface area contributed by atoms with E-state index in [4.69, 9.17) is 22.1 Å². The minimum absolute atomic E-state index is 0.00319. The Balaban J connectivity index is 1.17. The van der Waals surface area contributed by atoms with Gasteiger partial charge in [-0.2, -0.15) is 10.1 Å². The van der Waals surface area contributed by atoms with Gasteiger partial charge in [0.1, 0.15) is 6.04 Å². The summed E-state index contributed by atoms with van der Waals surface area (Å²) in [6.07, 6.45) is 3.63. The van der Waals surface area contributed by atoms with Crippen LogP contribution in [0.4, 0.5) is 5.69 Å². The number of nitrogens with zero attached hydrogens (tertiary/aromatic N) is 3. The fourth-order valence-corrected chi connectivity index (χ4v) is 6.45. The number of anilines is 1. The van der Waals surface area contributed by atoms with Gasteiger partial charge in [0.05, 0.1) is 13.2 Å². The highest BCUT2D eigenvalue weighted by atomic mass is 35.5. The molecule has 11 nitrogen and oxygen atoms in total. The van der Waals surface area contributed by atoms with Crippen LogP contribution in [0.5, 0.6) is 0 Å². The normalized spacial score (nSPS) is 18.6. The van der Waals surface area contributed by atoms with Gasteiger partial charge >= 0.3 is 0 Å². The number of morpholine rings is 1. The number of carbonyl (C=O) groups is 3. The highest BCUT2D eigenvalue weighted by Crippen LogP contribution is 2.29. The Morgan fingerprint density at radius 1 is 0.938 bits per heavy atom. The molecule has 1 aliphatic heterocycles. The van der Waals surface area contributed by atoms with Crippen molar-refractivity contribution >= 4 is 35.0 Å². The number of hydrogen-bond acceptors (Lipinski definition) is 7. The van der Waals surface area contributed by atoms with Crippen LogP contribution < -0.4 is 16.4 Å². The summed E-state index contributed by atoms with van der Waals surface area (Å²) in [5.41, 5.74) is 10.6. The standard InChI is InChI=1S/C36H40ClN7O4/c37-36-41-32(42-43-36)26-12-14-30(15-13-26)39-34(46)31(40-33(45)27-6-4-23(22-38)5-7-27)21-24-2-1-3-29(20-24)25-8-10-28(11-9-25)35(47)44-16-18-48-19-17-44/h1-3,8-15,20,23,27,31H,4-7,16-19,21-22,38H2,(H,39,46)(H,40,45)(H,41,42,43)/t23?,27?,31-/m0/s1. The third kappa shape index (κ3) is 8.28. The number of ether oxygens (including phenoxy) is 1. The summed E-state index contributed by atoms with van der Waals surface area (Å²) in [5, 5.41) is 12.9. The number of rotatable bonds is 10.